The predicted octanol–water partition coefficient (Wildman–Crippen LogP) is 0.970. The van der Waals surface area contributed by atoms with Crippen molar-refractivity contribution in [3.63, 3.8) is 0 Å². The highest BCUT2D eigenvalue weighted by atomic mass is 16.5. The summed E-state index contributed by atoms with van der Waals surface area (Å²) in [6, 6.07) is 0. The summed E-state index contributed by atoms with van der Waals surface area (Å²) in [5, 5.41) is 0. The molecule has 0 saturated carbocycles. The van der Waals surface area contributed by atoms with Crippen LogP contribution in [0.3, 0.4) is 0 Å². The molecule has 0 amide bonds. The van der Waals surface area contributed by atoms with E-state index in [9.17, 15) is 0 Å². The second kappa shape index (κ2) is 2.55. The van der Waals surface area contributed by atoms with E-state index in [0.717, 1.165) is 0 Å². The molecule has 11 heavy (non-hydrogen) atoms. The van der Waals surface area contributed by atoms with Gasteiger partial charge in [0.2, 0.25) is 0 Å². The van der Waals surface area contributed by atoms with Gasteiger partial charge < -0.3 is 10.5 Å². The van der Waals surface area contributed by atoms with E-state index in [4.69, 9.17) is 10.5 Å². The van der Waals surface area contributed by atoms with E-state index in [1.165, 1.54) is 5.57 Å². The molecule has 58 valence electrons. The van der Waals surface area contributed by atoms with Crippen molar-refractivity contribution in [3.05, 3.63) is 36.1 Å². The lowest BCUT2D eigenvalue weighted by molar-refractivity contribution is 0.188. The molecule has 0 spiro atoms. The minimum absolute atomic E-state index is 0.207. The summed E-state index contributed by atoms with van der Waals surface area (Å²) in [6.45, 7) is 0.624. The Bertz CT molecular complexity index is 240. The highest BCUT2D eigenvalue weighted by Gasteiger charge is 2.26. The van der Waals surface area contributed by atoms with Gasteiger partial charge in [0.1, 0.15) is 6.10 Å². The first-order chi connectivity index (χ1) is 5.42. The van der Waals surface area contributed by atoms with Crippen LogP contribution in [0, 0.1) is 5.92 Å². The second-order valence-corrected chi connectivity index (χ2v) is 2.79. The third-order valence-electron chi connectivity index (χ3n) is 2.15. The van der Waals surface area contributed by atoms with Crippen molar-refractivity contribution in [2.24, 2.45) is 11.7 Å². The summed E-state index contributed by atoms with van der Waals surface area (Å²) in [6.07, 6.45) is 10.2. The van der Waals surface area contributed by atoms with Crippen LogP contribution in [0.2, 0.25) is 0 Å². The molecule has 0 aromatic heterocycles. The van der Waals surface area contributed by atoms with Crippen LogP contribution in [-0.4, -0.2) is 12.6 Å². The molecule has 1 heterocycles. The fourth-order valence-corrected chi connectivity index (χ4v) is 1.52. The summed E-state index contributed by atoms with van der Waals surface area (Å²) in [4.78, 5) is 0. The summed E-state index contributed by atoms with van der Waals surface area (Å²) in [5.74, 6) is 0.394. The monoisotopic (exact) mass is 149 g/mol. The van der Waals surface area contributed by atoms with E-state index in [-0.39, 0.29) is 6.10 Å². The molecular weight excluding hydrogens is 138 g/mol. The van der Waals surface area contributed by atoms with Crippen molar-refractivity contribution in [2.45, 2.75) is 6.10 Å². The number of hydrogen-bond acceptors (Lipinski definition) is 2. The second-order valence-electron chi connectivity index (χ2n) is 2.79. The summed E-state index contributed by atoms with van der Waals surface area (Å²) < 4.78 is 5.33. The number of nitrogens with two attached hydrogens (primary N) is 1. The Kier molecular flexibility index (Phi) is 1.55. The van der Waals surface area contributed by atoms with Crippen molar-refractivity contribution in [1.82, 2.24) is 0 Å². The van der Waals surface area contributed by atoms with Crippen LogP contribution in [0.1, 0.15) is 0 Å². The summed E-state index contributed by atoms with van der Waals surface area (Å²) in [5.41, 5.74) is 6.82. The van der Waals surface area contributed by atoms with Crippen LogP contribution >= 0.6 is 0 Å². The maximum absolute atomic E-state index is 5.57. The third kappa shape index (κ3) is 0.994. The Balaban J connectivity index is 2.25. The first-order valence-electron chi connectivity index (χ1n) is 3.81. The molecular formula is C9H11NO. The zero-order valence-corrected chi connectivity index (χ0v) is 6.23. The molecule has 2 aliphatic rings. The smallest absolute Gasteiger partial charge is 0.126 e. The van der Waals surface area contributed by atoms with E-state index >= 15 is 0 Å². The van der Waals surface area contributed by atoms with Crippen molar-refractivity contribution in [2.75, 3.05) is 6.54 Å². The van der Waals surface area contributed by atoms with Crippen molar-refractivity contribution in [1.29, 1.82) is 0 Å². The molecule has 0 radical (unpaired) electrons. The van der Waals surface area contributed by atoms with Gasteiger partial charge in [0, 0.05) is 12.5 Å². The lowest BCUT2D eigenvalue weighted by atomic mass is 9.90. The van der Waals surface area contributed by atoms with Crippen LogP contribution in [0.4, 0.5) is 0 Å². The standard InChI is InChI=1S/C9H11NO/c10-6-7-2-1-3-9-8(7)4-5-11-9/h1-5,8-9H,6,10H2. The maximum atomic E-state index is 5.57. The lowest BCUT2D eigenvalue weighted by Crippen LogP contribution is -2.22. The van der Waals surface area contributed by atoms with Gasteiger partial charge in [0.25, 0.3) is 0 Å². The lowest BCUT2D eigenvalue weighted by Gasteiger charge is -2.20. The first-order valence-corrected chi connectivity index (χ1v) is 3.81. The normalized spacial score (nSPS) is 33.0. The topological polar surface area (TPSA) is 35.2 Å². The van der Waals surface area contributed by atoms with E-state index in [1.54, 1.807) is 6.26 Å². The molecule has 0 aromatic rings. The van der Waals surface area contributed by atoms with E-state index in [1.807, 2.05) is 6.08 Å². The highest BCUT2D eigenvalue weighted by Crippen LogP contribution is 2.28. The van der Waals surface area contributed by atoms with Gasteiger partial charge in [-0.1, -0.05) is 12.2 Å². The fourth-order valence-electron chi connectivity index (χ4n) is 1.52. The Morgan fingerprint density at radius 1 is 1.45 bits per heavy atom. The molecule has 1 aliphatic heterocycles. The Morgan fingerprint density at radius 2 is 2.36 bits per heavy atom. The van der Waals surface area contributed by atoms with Crippen LogP contribution < -0.4 is 5.73 Å². The molecule has 0 bridgehead atoms. The largest absolute Gasteiger partial charge is 0.493 e. The molecule has 2 nitrogen and oxygen atoms in total. The van der Waals surface area contributed by atoms with Crippen molar-refractivity contribution >= 4 is 0 Å². The Hall–Kier alpha value is -1.02. The minimum Gasteiger partial charge on any atom is -0.493 e. The van der Waals surface area contributed by atoms with Gasteiger partial charge in [-0.15, -0.1) is 0 Å². The predicted molar refractivity (Wildman–Crippen MR) is 43.8 cm³/mol. The van der Waals surface area contributed by atoms with Gasteiger partial charge in [-0.05, 0) is 17.7 Å². The molecule has 0 aromatic carbocycles. The van der Waals surface area contributed by atoms with Crippen molar-refractivity contribution < 1.29 is 4.74 Å². The quantitative estimate of drug-likeness (QED) is 0.603. The van der Waals surface area contributed by atoms with E-state index in [2.05, 4.69) is 18.2 Å². The Labute approximate surface area is 66.0 Å². The van der Waals surface area contributed by atoms with Gasteiger partial charge in [-0.2, -0.15) is 0 Å². The summed E-state index contributed by atoms with van der Waals surface area (Å²) in [7, 11) is 0. The molecule has 0 fully saturated rings. The number of hydrogen-bond donors (Lipinski definition) is 1. The van der Waals surface area contributed by atoms with E-state index < -0.39 is 0 Å². The highest BCUT2D eigenvalue weighted by molar-refractivity contribution is 5.30. The SMILES string of the molecule is NCC1=CC=CC2OC=CC12. The average molecular weight is 149 g/mol. The number of ether oxygens (including phenoxy) is 1. The maximum Gasteiger partial charge on any atom is 0.126 e. The molecule has 2 atom stereocenters. The van der Waals surface area contributed by atoms with Crippen LogP contribution in [0.5, 0.6) is 0 Å². The molecule has 0 saturated heterocycles. The first kappa shape index (κ1) is 6.68. The van der Waals surface area contributed by atoms with Crippen LogP contribution in [0.25, 0.3) is 0 Å². The number of allylic oxidation sites excluding steroid dienone is 2. The molecule has 2 N–H and O–H groups in total. The third-order valence-corrected chi connectivity index (χ3v) is 2.15. The van der Waals surface area contributed by atoms with Crippen LogP contribution in [0.15, 0.2) is 36.1 Å². The minimum atomic E-state index is 0.207. The van der Waals surface area contributed by atoms with Gasteiger partial charge in [-0.25, -0.2) is 0 Å². The molecule has 2 heteroatoms. The van der Waals surface area contributed by atoms with E-state index in [0.29, 0.717) is 12.5 Å². The Morgan fingerprint density at radius 3 is 3.18 bits per heavy atom. The average Bonchev–Trinajstić information content (AvgIpc) is 2.50. The zero-order chi connectivity index (χ0) is 7.68. The van der Waals surface area contributed by atoms with Gasteiger partial charge in [0.15, 0.2) is 0 Å². The zero-order valence-electron chi connectivity index (χ0n) is 6.23. The van der Waals surface area contributed by atoms with Gasteiger partial charge in [0.05, 0.1) is 6.26 Å². The molecule has 2 unspecified atom stereocenters. The van der Waals surface area contributed by atoms with Gasteiger partial charge in [-0.3, -0.25) is 0 Å². The van der Waals surface area contributed by atoms with Crippen LogP contribution in [-0.2, 0) is 4.74 Å². The fraction of sp³-hybridized carbons (Fsp3) is 0.333. The molecule has 2 rings (SSSR count). The van der Waals surface area contributed by atoms with Gasteiger partial charge >= 0.3 is 0 Å². The summed E-state index contributed by atoms with van der Waals surface area (Å²) >= 11 is 0. The van der Waals surface area contributed by atoms with Crippen molar-refractivity contribution in [3.8, 4) is 0 Å². The molecule has 1 aliphatic carbocycles. The number of fused-ring (bicyclic) bond motifs is 1. The number of rotatable bonds is 1.